The Balaban J connectivity index is 1.40. The van der Waals surface area contributed by atoms with Gasteiger partial charge >= 0.3 is 0 Å². The third kappa shape index (κ3) is 6.50. The molecule has 31 heavy (non-hydrogen) atoms. The van der Waals surface area contributed by atoms with Gasteiger partial charge in [0.1, 0.15) is 5.76 Å². The Hall–Kier alpha value is -3.48. The van der Waals surface area contributed by atoms with Crippen molar-refractivity contribution in [1.82, 2.24) is 10.2 Å². The standard InChI is InChI=1S/C24H28N2O5/c1-29-21-8-5-18(16-22(21)30-2)6-9-23(27)25-17-19-11-13-26(14-12-19)24(28)10-7-20-4-3-15-31-20/h3-10,15-16,19H,11-14,17H2,1-2H3,(H,25,27). The SMILES string of the molecule is COc1ccc(C=CC(=O)NCC2CCN(C(=O)C=Cc3ccco3)CC2)cc1OC. The second-order valence-corrected chi connectivity index (χ2v) is 7.31. The minimum Gasteiger partial charge on any atom is -0.493 e. The number of carbonyl (C=O) groups excluding carboxylic acids is 2. The van der Waals surface area contributed by atoms with E-state index in [1.807, 2.05) is 17.0 Å². The van der Waals surface area contributed by atoms with Crippen LogP contribution in [0.4, 0.5) is 0 Å². The Morgan fingerprint density at radius 2 is 1.87 bits per heavy atom. The van der Waals surface area contributed by atoms with Gasteiger partial charge in [-0.1, -0.05) is 6.07 Å². The average molecular weight is 424 g/mol. The summed E-state index contributed by atoms with van der Waals surface area (Å²) in [7, 11) is 3.16. The van der Waals surface area contributed by atoms with Crippen molar-refractivity contribution in [2.45, 2.75) is 12.8 Å². The lowest BCUT2D eigenvalue weighted by Crippen LogP contribution is -2.40. The fourth-order valence-corrected chi connectivity index (χ4v) is 3.43. The zero-order valence-electron chi connectivity index (χ0n) is 17.9. The fourth-order valence-electron chi connectivity index (χ4n) is 3.43. The van der Waals surface area contributed by atoms with Crippen molar-refractivity contribution in [2.75, 3.05) is 33.9 Å². The Kier molecular flexibility index (Phi) is 7.92. The summed E-state index contributed by atoms with van der Waals surface area (Å²) in [5, 5.41) is 2.95. The van der Waals surface area contributed by atoms with Gasteiger partial charge in [0, 0.05) is 31.8 Å². The van der Waals surface area contributed by atoms with Gasteiger partial charge in [0.2, 0.25) is 11.8 Å². The quantitative estimate of drug-likeness (QED) is 0.657. The number of nitrogens with one attached hydrogen (secondary N) is 1. The highest BCUT2D eigenvalue weighted by Gasteiger charge is 2.21. The maximum absolute atomic E-state index is 12.3. The molecule has 1 aliphatic rings. The molecule has 0 aliphatic carbocycles. The van der Waals surface area contributed by atoms with E-state index >= 15 is 0 Å². The second kappa shape index (κ2) is 11.1. The zero-order chi connectivity index (χ0) is 22.1. The highest BCUT2D eigenvalue weighted by molar-refractivity contribution is 5.92. The van der Waals surface area contributed by atoms with Crippen LogP contribution in [0.15, 0.2) is 53.2 Å². The van der Waals surface area contributed by atoms with E-state index < -0.39 is 0 Å². The summed E-state index contributed by atoms with van der Waals surface area (Å²) in [5.41, 5.74) is 0.849. The van der Waals surface area contributed by atoms with Gasteiger partial charge in [-0.05, 0) is 60.7 Å². The van der Waals surface area contributed by atoms with Gasteiger partial charge in [-0.3, -0.25) is 9.59 Å². The Morgan fingerprint density at radius 3 is 2.55 bits per heavy atom. The van der Waals surface area contributed by atoms with Gasteiger partial charge in [0.15, 0.2) is 11.5 Å². The number of piperidine rings is 1. The molecule has 2 heterocycles. The molecule has 0 atom stereocenters. The molecule has 7 nitrogen and oxygen atoms in total. The first-order chi connectivity index (χ1) is 15.1. The van der Waals surface area contributed by atoms with Crippen LogP contribution >= 0.6 is 0 Å². The van der Waals surface area contributed by atoms with Crippen LogP contribution in [0, 0.1) is 5.92 Å². The van der Waals surface area contributed by atoms with E-state index in [0.29, 0.717) is 42.8 Å². The number of rotatable bonds is 8. The summed E-state index contributed by atoms with van der Waals surface area (Å²) in [5.74, 6) is 2.12. The van der Waals surface area contributed by atoms with Crippen molar-refractivity contribution in [2.24, 2.45) is 5.92 Å². The first-order valence-corrected chi connectivity index (χ1v) is 10.3. The predicted octanol–water partition coefficient (Wildman–Crippen LogP) is 3.38. The van der Waals surface area contributed by atoms with Crippen LogP contribution in [0.25, 0.3) is 12.2 Å². The van der Waals surface area contributed by atoms with E-state index in [1.54, 1.807) is 56.9 Å². The summed E-state index contributed by atoms with van der Waals surface area (Å²) in [6, 6.07) is 9.06. The minimum absolute atomic E-state index is 0.0169. The Morgan fingerprint density at radius 1 is 1.10 bits per heavy atom. The van der Waals surface area contributed by atoms with Crippen LogP contribution in [0.1, 0.15) is 24.2 Å². The van der Waals surface area contributed by atoms with Crippen LogP contribution in [-0.2, 0) is 9.59 Å². The molecule has 2 aromatic rings. The third-order valence-corrected chi connectivity index (χ3v) is 5.26. The maximum atomic E-state index is 12.3. The van der Waals surface area contributed by atoms with Crippen molar-refractivity contribution >= 4 is 24.0 Å². The van der Waals surface area contributed by atoms with Gasteiger partial charge < -0.3 is 24.1 Å². The van der Waals surface area contributed by atoms with Gasteiger partial charge in [0.05, 0.1) is 20.5 Å². The normalized spacial score (nSPS) is 14.8. The van der Waals surface area contributed by atoms with Crippen LogP contribution in [0.3, 0.4) is 0 Å². The number of benzene rings is 1. The number of hydrogen-bond acceptors (Lipinski definition) is 5. The lowest BCUT2D eigenvalue weighted by molar-refractivity contribution is -0.127. The van der Waals surface area contributed by atoms with Crippen LogP contribution in [0.2, 0.25) is 0 Å². The molecule has 0 saturated carbocycles. The van der Waals surface area contributed by atoms with E-state index in [0.717, 1.165) is 18.4 Å². The lowest BCUT2D eigenvalue weighted by atomic mass is 9.96. The number of nitrogens with zero attached hydrogens (tertiary/aromatic N) is 1. The number of hydrogen-bond donors (Lipinski definition) is 1. The molecule has 1 aromatic heterocycles. The summed E-state index contributed by atoms with van der Waals surface area (Å²) in [6.07, 6.45) is 9.77. The van der Waals surface area contributed by atoms with E-state index in [2.05, 4.69) is 5.32 Å². The number of carbonyl (C=O) groups is 2. The first kappa shape index (κ1) is 22.2. The van der Waals surface area contributed by atoms with Gasteiger partial charge in [-0.25, -0.2) is 0 Å². The third-order valence-electron chi connectivity index (χ3n) is 5.26. The van der Waals surface area contributed by atoms with Crippen LogP contribution in [0.5, 0.6) is 11.5 Å². The second-order valence-electron chi connectivity index (χ2n) is 7.31. The van der Waals surface area contributed by atoms with Gasteiger partial charge in [-0.15, -0.1) is 0 Å². The summed E-state index contributed by atoms with van der Waals surface area (Å²) >= 11 is 0. The molecule has 1 N–H and O–H groups in total. The molecule has 164 valence electrons. The zero-order valence-corrected chi connectivity index (χ0v) is 17.9. The summed E-state index contributed by atoms with van der Waals surface area (Å²) in [6.45, 7) is 1.96. The molecule has 1 saturated heterocycles. The van der Waals surface area contributed by atoms with Crippen molar-refractivity contribution in [1.29, 1.82) is 0 Å². The van der Waals surface area contributed by atoms with Crippen molar-refractivity contribution in [3.05, 3.63) is 60.1 Å². The van der Waals surface area contributed by atoms with Crippen molar-refractivity contribution in [3.63, 3.8) is 0 Å². The molecular formula is C24H28N2O5. The van der Waals surface area contributed by atoms with E-state index in [9.17, 15) is 9.59 Å². The van der Waals surface area contributed by atoms with E-state index in [4.69, 9.17) is 13.9 Å². The highest BCUT2D eigenvalue weighted by Crippen LogP contribution is 2.28. The lowest BCUT2D eigenvalue weighted by Gasteiger charge is -2.31. The highest BCUT2D eigenvalue weighted by atomic mass is 16.5. The minimum atomic E-state index is -0.144. The summed E-state index contributed by atoms with van der Waals surface area (Å²) < 4.78 is 15.7. The monoisotopic (exact) mass is 424 g/mol. The number of methoxy groups -OCH3 is 2. The molecule has 0 spiro atoms. The molecule has 1 fully saturated rings. The van der Waals surface area contributed by atoms with Gasteiger partial charge in [-0.2, -0.15) is 0 Å². The maximum Gasteiger partial charge on any atom is 0.246 e. The number of furan rings is 1. The predicted molar refractivity (Wildman–Crippen MR) is 119 cm³/mol. The van der Waals surface area contributed by atoms with Crippen molar-refractivity contribution in [3.8, 4) is 11.5 Å². The molecule has 0 unspecified atom stereocenters. The molecule has 0 bridgehead atoms. The fraction of sp³-hybridized carbons (Fsp3) is 0.333. The molecular weight excluding hydrogens is 396 g/mol. The molecule has 1 aliphatic heterocycles. The smallest absolute Gasteiger partial charge is 0.246 e. The van der Waals surface area contributed by atoms with Gasteiger partial charge in [0.25, 0.3) is 0 Å². The topological polar surface area (TPSA) is 81.0 Å². The number of likely N-dealkylation sites (tertiary alicyclic amines) is 1. The Bertz CT molecular complexity index is 925. The van der Waals surface area contributed by atoms with Crippen molar-refractivity contribution < 1.29 is 23.5 Å². The number of ether oxygens (including phenoxy) is 2. The molecule has 2 amide bonds. The van der Waals surface area contributed by atoms with E-state index in [-0.39, 0.29) is 11.8 Å². The molecule has 3 rings (SSSR count). The number of amides is 2. The van der Waals surface area contributed by atoms with Crippen LogP contribution in [-0.4, -0.2) is 50.6 Å². The molecule has 1 aromatic carbocycles. The first-order valence-electron chi connectivity index (χ1n) is 10.3. The largest absolute Gasteiger partial charge is 0.493 e. The average Bonchev–Trinajstić information content (AvgIpc) is 3.33. The Labute approximate surface area is 182 Å². The molecule has 0 radical (unpaired) electrons. The van der Waals surface area contributed by atoms with Crippen LogP contribution < -0.4 is 14.8 Å². The van der Waals surface area contributed by atoms with E-state index in [1.165, 1.54) is 6.08 Å². The summed E-state index contributed by atoms with van der Waals surface area (Å²) in [4.78, 5) is 26.3. The molecule has 7 heteroatoms.